The number of thioether (sulfide) groups is 1. The first-order chi connectivity index (χ1) is 10.0. The van der Waals surface area contributed by atoms with Crippen LogP contribution in [0.25, 0.3) is 0 Å². The van der Waals surface area contributed by atoms with E-state index in [1.165, 1.54) is 22.4 Å². The lowest BCUT2D eigenvalue weighted by molar-refractivity contribution is 0.602. The number of aromatic amines is 1. The maximum Gasteiger partial charge on any atom is 0.343 e. The van der Waals surface area contributed by atoms with Crippen LogP contribution in [0.1, 0.15) is 24.5 Å². The minimum Gasteiger partial charge on any atom is -0.384 e. The molecule has 1 aromatic carbocycles. The second-order valence-corrected chi connectivity index (χ2v) is 5.39. The van der Waals surface area contributed by atoms with Gasteiger partial charge in [0, 0.05) is 12.3 Å². The van der Waals surface area contributed by atoms with E-state index in [9.17, 15) is 9.18 Å². The van der Waals surface area contributed by atoms with Crippen molar-refractivity contribution in [3.8, 4) is 0 Å². The van der Waals surface area contributed by atoms with E-state index in [-0.39, 0.29) is 17.1 Å². The Balaban J connectivity index is 2.19. The van der Waals surface area contributed by atoms with E-state index in [1.807, 2.05) is 6.92 Å². The summed E-state index contributed by atoms with van der Waals surface area (Å²) in [5.74, 6) is -0.500. The third kappa shape index (κ3) is 3.33. The molecule has 0 saturated carbocycles. The molecule has 4 N–H and O–H groups in total. The first kappa shape index (κ1) is 15.3. The number of hydrogen-bond acceptors (Lipinski definition) is 4. The molecule has 0 fully saturated rings. The van der Waals surface area contributed by atoms with E-state index in [1.54, 1.807) is 12.1 Å². The lowest BCUT2D eigenvalue weighted by Gasteiger charge is -2.07. The summed E-state index contributed by atoms with van der Waals surface area (Å²) in [5.41, 5.74) is 5.57. The average molecular weight is 309 g/mol. The summed E-state index contributed by atoms with van der Waals surface area (Å²) in [7, 11) is 0. The van der Waals surface area contributed by atoms with E-state index in [4.69, 9.17) is 11.1 Å². The number of nitrogens with zero attached hydrogens (tertiary/aromatic N) is 2. The Bertz CT molecular complexity index is 709. The number of benzene rings is 1. The molecule has 0 unspecified atom stereocenters. The van der Waals surface area contributed by atoms with Crippen LogP contribution in [0, 0.1) is 11.2 Å². The Morgan fingerprint density at radius 1 is 1.57 bits per heavy atom. The molecule has 0 aliphatic carbocycles. The predicted octanol–water partition coefficient (Wildman–Crippen LogP) is 1.70. The lowest BCUT2D eigenvalue weighted by atomic mass is 10.1. The van der Waals surface area contributed by atoms with Crippen molar-refractivity contribution in [2.75, 3.05) is 0 Å². The van der Waals surface area contributed by atoms with Gasteiger partial charge in [0.1, 0.15) is 11.7 Å². The molecule has 8 heteroatoms. The first-order valence-electron chi connectivity index (χ1n) is 6.44. The summed E-state index contributed by atoms with van der Waals surface area (Å²) < 4.78 is 15.7. The number of amidine groups is 1. The zero-order valence-corrected chi connectivity index (χ0v) is 12.3. The molecule has 0 aliphatic rings. The molecule has 0 saturated heterocycles. The molecule has 2 aromatic rings. The number of nitrogens with one attached hydrogen (secondary N) is 2. The quantitative estimate of drug-likeness (QED) is 0.429. The van der Waals surface area contributed by atoms with E-state index in [2.05, 4.69) is 10.2 Å². The van der Waals surface area contributed by atoms with Crippen molar-refractivity contribution in [3.05, 3.63) is 45.6 Å². The minimum atomic E-state index is -0.502. The normalized spacial score (nSPS) is 10.8. The van der Waals surface area contributed by atoms with Crippen LogP contribution in [0.3, 0.4) is 0 Å². The third-order valence-corrected chi connectivity index (χ3v) is 3.92. The fourth-order valence-electron chi connectivity index (χ4n) is 1.88. The van der Waals surface area contributed by atoms with Crippen molar-refractivity contribution in [2.24, 2.45) is 5.73 Å². The summed E-state index contributed by atoms with van der Waals surface area (Å²) in [4.78, 5) is 11.6. The molecule has 0 aliphatic heterocycles. The van der Waals surface area contributed by atoms with Crippen molar-refractivity contribution in [1.29, 1.82) is 5.41 Å². The van der Waals surface area contributed by atoms with E-state index in [0.717, 1.165) is 6.42 Å². The standard InChI is InChI=1S/C13H16FN5OS/c1-2-6-19-12(20)17-18-13(19)21-7-8-4-3-5-9(10(8)14)11(15)16/h3-5H,2,6-7H2,1H3,(H3,15,16)(H,17,20). The van der Waals surface area contributed by atoms with Crippen molar-refractivity contribution >= 4 is 17.6 Å². The van der Waals surface area contributed by atoms with Crippen LogP contribution in [-0.4, -0.2) is 20.6 Å². The zero-order valence-electron chi connectivity index (χ0n) is 11.5. The number of H-pyrrole nitrogens is 1. The molecule has 1 aromatic heterocycles. The Hall–Kier alpha value is -2.09. The third-order valence-electron chi connectivity index (χ3n) is 2.90. The second kappa shape index (κ2) is 6.57. The smallest absolute Gasteiger partial charge is 0.343 e. The predicted molar refractivity (Wildman–Crippen MR) is 80.1 cm³/mol. The van der Waals surface area contributed by atoms with E-state index >= 15 is 0 Å². The summed E-state index contributed by atoms with van der Waals surface area (Å²) in [6, 6.07) is 4.75. The average Bonchev–Trinajstić information content (AvgIpc) is 2.79. The number of rotatable bonds is 6. The van der Waals surface area contributed by atoms with Gasteiger partial charge < -0.3 is 5.73 Å². The van der Waals surface area contributed by atoms with Gasteiger partial charge in [-0.2, -0.15) is 0 Å². The van der Waals surface area contributed by atoms with Gasteiger partial charge in [-0.1, -0.05) is 30.8 Å². The van der Waals surface area contributed by atoms with Crippen LogP contribution in [0.5, 0.6) is 0 Å². The lowest BCUT2D eigenvalue weighted by Crippen LogP contribution is -2.17. The van der Waals surface area contributed by atoms with Crippen molar-refractivity contribution in [3.63, 3.8) is 0 Å². The summed E-state index contributed by atoms with van der Waals surface area (Å²) in [5, 5.41) is 14.2. The number of aromatic nitrogens is 3. The Morgan fingerprint density at radius 2 is 2.33 bits per heavy atom. The van der Waals surface area contributed by atoms with Gasteiger partial charge in [0.25, 0.3) is 0 Å². The minimum absolute atomic E-state index is 0.0843. The fraction of sp³-hybridized carbons (Fsp3) is 0.308. The van der Waals surface area contributed by atoms with Gasteiger partial charge in [-0.25, -0.2) is 14.3 Å². The van der Waals surface area contributed by atoms with Gasteiger partial charge in [-0.15, -0.1) is 5.10 Å². The molecule has 1 heterocycles. The summed E-state index contributed by atoms with van der Waals surface area (Å²) in [6.45, 7) is 2.53. The first-order valence-corrected chi connectivity index (χ1v) is 7.43. The topological polar surface area (TPSA) is 101 Å². The highest BCUT2D eigenvalue weighted by atomic mass is 32.2. The van der Waals surface area contributed by atoms with Gasteiger partial charge in [0.2, 0.25) is 0 Å². The van der Waals surface area contributed by atoms with Gasteiger partial charge in [0.15, 0.2) is 5.16 Å². The highest BCUT2D eigenvalue weighted by molar-refractivity contribution is 7.98. The monoisotopic (exact) mass is 309 g/mol. The highest BCUT2D eigenvalue weighted by Crippen LogP contribution is 2.23. The maximum absolute atomic E-state index is 14.1. The Kier molecular flexibility index (Phi) is 4.79. The highest BCUT2D eigenvalue weighted by Gasteiger charge is 2.13. The van der Waals surface area contributed by atoms with E-state index in [0.29, 0.717) is 23.0 Å². The molecular weight excluding hydrogens is 293 g/mol. The Labute approximate surface area is 125 Å². The molecule has 0 radical (unpaired) electrons. The zero-order chi connectivity index (χ0) is 15.4. The second-order valence-electron chi connectivity index (χ2n) is 4.44. The van der Waals surface area contributed by atoms with Crippen LogP contribution in [-0.2, 0) is 12.3 Å². The molecule has 6 nitrogen and oxygen atoms in total. The van der Waals surface area contributed by atoms with E-state index < -0.39 is 5.82 Å². The van der Waals surface area contributed by atoms with Gasteiger partial charge in [-0.05, 0) is 18.1 Å². The molecule has 0 bridgehead atoms. The molecule has 2 rings (SSSR count). The molecule has 0 spiro atoms. The number of halogens is 1. The largest absolute Gasteiger partial charge is 0.384 e. The van der Waals surface area contributed by atoms with Crippen LogP contribution < -0.4 is 11.4 Å². The maximum atomic E-state index is 14.1. The van der Waals surface area contributed by atoms with Crippen molar-refractivity contribution in [2.45, 2.75) is 30.8 Å². The van der Waals surface area contributed by atoms with Crippen molar-refractivity contribution in [1.82, 2.24) is 14.8 Å². The van der Waals surface area contributed by atoms with Crippen LogP contribution in [0.15, 0.2) is 28.2 Å². The molecule has 112 valence electrons. The molecule has 0 amide bonds. The number of nitrogen functional groups attached to an aromatic ring is 1. The fourth-order valence-corrected chi connectivity index (χ4v) is 2.82. The molecular formula is C13H16FN5OS. The molecule has 21 heavy (non-hydrogen) atoms. The molecule has 0 atom stereocenters. The van der Waals surface area contributed by atoms with Gasteiger partial charge in [-0.3, -0.25) is 9.98 Å². The van der Waals surface area contributed by atoms with Crippen molar-refractivity contribution < 1.29 is 4.39 Å². The summed E-state index contributed by atoms with van der Waals surface area (Å²) >= 11 is 1.26. The van der Waals surface area contributed by atoms with Crippen LogP contribution >= 0.6 is 11.8 Å². The van der Waals surface area contributed by atoms with Crippen LogP contribution in [0.4, 0.5) is 4.39 Å². The number of hydrogen-bond donors (Lipinski definition) is 3. The van der Waals surface area contributed by atoms with Gasteiger partial charge in [0.05, 0.1) is 5.56 Å². The summed E-state index contributed by atoms with van der Waals surface area (Å²) in [6.07, 6.45) is 0.807. The SMILES string of the molecule is CCCn1c(SCc2cccc(C(=N)N)c2F)n[nH]c1=O. The number of nitrogens with two attached hydrogens (primary N) is 1. The van der Waals surface area contributed by atoms with Crippen LogP contribution in [0.2, 0.25) is 0 Å². The Morgan fingerprint density at radius 3 is 3.00 bits per heavy atom. The van der Waals surface area contributed by atoms with Gasteiger partial charge >= 0.3 is 5.69 Å².